The van der Waals surface area contributed by atoms with E-state index in [9.17, 15) is 0 Å². The summed E-state index contributed by atoms with van der Waals surface area (Å²) < 4.78 is 23.5. The van der Waals surface area contributed by atoms with E-state index in [4.69, 9.17) is 4.11 Å². The molecule has 0 bridgehead atoms. The third-order valence-electron chi connectivity index (χ3n) is 2.79. The molecule has 0 N–H and O–H groups in total. The number of nitrogens with zero attached hydrogens (tertiary/aromatic N) is 1. The molecule has 1 nitrogen and oxygen atoms in total. The summed E-state index contributed by atoms with van der Waals surface area (Å²) in [6, 6.07) is 11.9. The molecular formula is C15H19GeN. The van der Waals surface area contributed by atoms with Crippen molar-refractivity contribution in [2.45, 2.75) is 24.1 Å². The number of aromatic nitrogens is 1. The molecule has 1 aromatic heterocycles. The van der Waals surface area contributed by atoms with Gasteiger partial charge in [0.25, 0.3) is 0 Å². The van der Waals surface area contributed by atoms with Gasteiger partial charge in [-0.2, -0.15) is 0 Å². The van der Waals surface area contributed by atoms with E-state index in [1.54, 1.807) is 12.1 Å². The zero-order valence-corrected chi connectivity index (χ0v) is 12.6. The average Bonchev–Trinajstić information content (AvgIpc) is 2.37. The summed E-state index contributed by atoms with van der Waals surface area (Å²) in [4.78, 5) is 4.30. The second-order valence-electron chi connectivity index (χ2n) is 5.26. The topological polar surface area (TPSA) is 12.9 Å². The van der Waals surface area contributed by atoms with Crippen LogP contribution in [0.5, 0.6) is 0 Å². The fraction of sp³-hybridized carbons (Fsp3) is 0.267. The number of hydrogen-bond donors (Lipinski definition) is 0. The molecule has 2 aromatic rings. The van der Waals surface area contributed by atoms with E-state index in [1.807, 2.05) is 6.07 Å². The Hall–Kier alpha value is -1.09. The summed E-state index contributed by atoms with van der Waals surface area (Å²) in [7, 11) is 0. The van der Waals surface area contributed by atoms with Gasteiger partial charge in [-0.15, -0.1) is 0 Å². The zero-order chi connectivity index (χ0) is 15.0. The second-order valence-corrected chi connectivity index (χ2v) is 15.9. The molecule has 0 saturated heterocycles. The van der Waals surface area contributed by atoms with Gasteiger partial charge in [0.05, 0.1) is 0 Å². The monoisotopic (exact) mass is 290 g/mol. The zero-order valence-electron chi connectivity index (χ0n) is 13.5. The van der Waals surface area contributed by atoms with Crippen molar-refractivity contribution in [3.8, 4) is 11.3 Å². The Morgan fingerprint density at radius 3 is 2.53 bits per heavy atom. The van der Waals surface area contributed by atoms with Crippen molar-refractivity contribution in [3.05, 3.63) is 48.2 Å². The molecule has 0 aliphatic rings. The SMILES string of the molecule is [2H]C([2H])([2H])c1ccc(-c2ccc[c]([Ge]([CH3])([CH3])[CH3])c2)nc1. The summed E-state index contributed by atoms with van der Waals surface area (Å²) in [6.07, 6.45) is 1.45. The molecule has 0 fully saturated rings. The molecule has 1 heterocycles. The molecule has 0 aliphatic carbocycles. The quantitative estimate of drug-likeness (QED) is 0.770. The number of hydrogen-bond acceptors (Lipinski definition) is 1. The van der Waals surface area contributed by atoms with Gasteiger partial charge in [-0.1, -0.05) is 0 Å². The van der Waals surface area contributed by atoms with E-state index >= 15 is 0 Å². The van der Waals surface area contributed by atoms with Gasteiger partial charge in [0.2, 0.25) is 0 Å². The van der Waals surface area contributed by atoms with Gasteiger partial charge in [0.1, 0.15) is 0 Å². The van der Waals surface area contributed by atoms with Crippen LogP contribution >= 0.6 is 0 Å². The third-order valence-corrected chi connectivity index (χ3v) is 7.07. The van der Waals surface area contributed by atoms with Crippen LogP contribution in [-0.2, 0) is 0 Å². The predicted molar refractivity (Wildman–Crippen MR) is 77.4 cm³/mol. The molecule has 0 radical (unpaired) electrons. The molecule has 0 amide bonds. The van der Waals surface area contributed by atoms with Crippen LogP contribution in [0.4, 0.5) is 0 Å². The fourth-order valence-corrected chi connectivity index (χ4v) is 4.20. The Bertz CT molecular complexity index is 598. The normalized spacial score (nSPS) is 14.9. The molecular weight excluding hydrogens is 267 g/mol. The summed E-state index contributed by atoms with van der Waals surface area (Å²) in [5.74, 6) is 7.05. The van der Waals surface area contributed by atoms with Crippen LogP contribution < -0.4 is 4.40 Å². The molecule has 88 valence electrons. The summed E-state index contributed by atoms with van der Waals surface area (Å²) in [6.45, 7) is -2.09. The van der Waals surface area contributed by atoms with E-state index in [0.29, 0.717) is 0 Å². The van der Waals surface area contributed by atoms with Crippen molar-refractivity contribution in [1.82, 2.24) is 4.98 Å². The molecule has 1 aromatic carbocycles. The van der Waals surface area contributed by atoms with Gasteiger partial charge in [-0.3, -0.25) is 0 Å². The van der Waals surface area contributed by atoms with E-state index in [1.165, 1.54) is 10.6 Å². The van der Waals surface area contributed by atoms with Crippen LogP contribution in [0.1, 0.15) is 9.68 Å². The van der Waals surface area contributed by atoms with Crippen molar-refractivity contribution >= 4 is 17.7 Å². The first-order valence-electron chi connectivity index (χ1n) is 7.25. The van der Waals surface area contributed by atoms with Crippen LogP contribution in [0.15, 0.2) is 42.6 Å². The van der Waals surface area contributed by atoms with Crippen LogP contribution in [0.2, 0.25) is 17.3 Å². The van der Waals surface area contributed by atoms with Crippen LogP contribution in [0.3, 0.4) is 0 Å². The van der Waals surface area contributed by atoms with Crippen LogP contribution in [0, 0.1) is 6.85 Å². The minimum absolute atomic E-state index is 0.283. The van der Waals surface area contributed by atoms with Crippen molar-refractivity contribution in [1.29, 1.82) is 0 Å². The van der Waals surface area contributed by atoms with Crippen molar-refractivity contribution in [2.24, 2.45) is 0 Å². The van der Waals surface area contributed by atoms with E-state index in [0.717, 1.165) is 11.3 Å². The molecule has 2 heteroatoms. The Morgan fingerprint density at radius 1 is 1.12 bits per heavy atom. The number of benzene rings is 1. The molecule has 0 saturated carbocycles. The van der Waals surface area contributed by atoms with E-state index in [2.05, 4.69) is 40.5 Å². The number of pyridine rings is 1. The molecule has 0 aliphatic heterocycles. The minimum atomic E-state index is -2.09. The van der Waals surface area contributed by atoms with Gasteiger partial charge in [-0.25, -0.2) is 0 Å². The van der Waals surface area contributed by atoms with Gasteiger partial charge < -0.3 is 0 Å². The Labute approximate surface area is 110 Å². The number of aryl methyl sites for hydroxylation is 1. The summed E-state index contributed by atoms with van der Waals surface area (Å²) in [5.41, 5.74) is 2.16. The Morgan fingerprint density at radius 2 is 1.94 bits per heavy atom. The average molecular weight is 289 g/mol. The molecule has 17 heavy (non-hydrogen) atoms. The maximum absolute atomic E-state index is 7.36. The summed E-state index contributed by atoms with van der Waals surface area (Å²) >= 11 is -1.86. The van der Waals surface area contributed by atoms with Crippen molar-refractivity contribution < 1.29 is 4.11 Å². The predicted octanol–water partition coefficient (Wildman–Crippen LogP) is 3.60. The van der Waals surface area contributed by atoms with E-state index in [-0.39, 0.29) is 5.56 Å². The van der Waals surface area contributed by atoms with Gasteiger partial charge in [0.15, 0.2) is 0 Å². The first-order valence-corrected chi connectivity index (χ1v) is 13.1. The maximum atomic E-state index is 7.36. The first kappa shape index (κ1) is 8.92. The van der Waals surface area contributed by atoms with Gasteiger partial charge >= 0.3 is 110 Å². The van der Waals surface area contributed by atoms with Crippen molar-refractivity contribution in [2.75, 3.05) is 0 Å². The number of rotatable bonds is 2. The molecule has 2 rings (SSSR count). The van der Waals surface area contributed by atoms with E-state index < -0.39 is 20.1 Å². The molecule has 0 atom stereocenters. The van der Waals surface area contributed by atoms with Crippen molar-refractivity contribution in [3.63, 3.8) is 0 Å². The Kier molecular flexibility index (Phi) is 2.44. The second kappa shape index (κ2) is 4.65. The fourth-order valence-electron chi connectivity index (χ4n) is 1.71. The standard InChI is InChI=1S/C15H19GeN/c1-12-8-9-15(17-11-12)13-6-5-7-14(10-13)16(2,3)4/h5-11H,1-4H3/i1D3. The molecule has 0 spiro atoms. The van der Waals surface area contributed by atoms with Crippen LogP contribution in [0.25, 0.3) is 11.3 Å². The molecule has 0 unspecified atom stereocenters. The van der Waals surface area contributed by atoms with Gasteiger partial charge in [-0.05, 0) is 0 Å². The van der Waals surface area contributed by atoms with Crippen LogP contribution in [-0.4, -0.2) is 18.3 Å². The first-order chi connectivity index (χ1) is 9.18. The Balaban J connectivity index is 2.38. The summed E-state index contributed by atoms with van der Waals surface area (Å²) in [5, 5.41) is 0. The third kappa shape index (κ3) is 2.97. The van der Waals surface area contributed by atoms with Gasteiger partial charge in [0, 0.05) is 0 Å².